The Morgan fingerprint density at radius 1 is 1.07 bits per heavy atom. The van der Waals surface area contributed by atoms with E-state index in [1.165, 1.54) is 0 Å². The minimum absolute atomic E-state index is 0.00440. The van der Waals surface area contributed by atoms with Gasteiger partial charge in [0.15, 0.2) is 11.5 Å². The highest BCUT2D eigenvalue weighted by Gasteiger charge is 2.17. The van der Waals surface area contributed by atoms with E-state index in [0.717, 1.165) is 21.9 Å². The molecule has 2 N–H and O–H groups in total. The van der Waals surface area contributed by atoms with Gasteiger partial charge in [-0.2, -0.15) is 0 Å². The van der Waals surface area contributed by atoms with Crippen molar-refractivity contribution in [3.8, 4) is 11.5 Å². The number of aromatic amines is 1. The number of hydrogen-bond donors (Lipinski definition) is 2. The summed E-state index contributed by atoms with van der Waals surface area (Å²) < 4.78 is 11.6. The summed E-state index contributed by atoms with van der Waals surface area (Å²) >= 11 is 0. The van der Waals surface area contributed by atoms with Crippen LogP contribution >= 0.6 is 0 Å². The molecule has 2 aromatic carbocycles. The monoisotopic (exact) mass is 393 g/mol. The molecule has 4 rings (SSSR count). The van der Waals surface area contributed by atoms with Crippen LogP contribution in [-0.4, -0.2) is 22.3 Å². The first-order valence-electron chi connectivity index (χ1n) is 9.02. The molecule has 0 radical (unpaired) electrons. The Kier molecular flexibility index (Phi) is 4.67. The van der Waals surface area contributed by atoms with Crippen LogP contribution in [0.25, 0.3) is 0 Å². The average Bonchev–Trinajstić information content (AvgIpc) is 3.16. The van der Waals surface area contributed by atoms with Crippen molar-refractivity contribution in [2.45, 2.75) is 20.4 Å². The SMILES string of the molecule is Cc1ccc(NC(=O)c2c[nH]c(=O)n(Cc3ccc4c(c3)OCO4)c2=O)cc1C. The maximum atomic E-state index is 12.8. The largest absolute Gasteiger partial charge is 0.454 e. The minimum atomic E-state index is -0.673. The standard InChI is InChI=1S/C21H19N3O5/c1-12-3-5-15(7-13(12)2)23-19(25)16-9-22-21(27)24(20(16)26)10-14-4-6-17-18(8-14)29-11-28-17/h3-9H,10-11H2,1-2H3,(H,22,27)(H,23,25). The fraction of sp³-hybridized carbons (Fsp3) is 0.190. The second-order valence-corrected chi connectivity index (χ2v) is 6.84. The zero-order valence-corrected chi connectivity index (χ0v) is 15.9. The molecule has 1 aliphatic rings. The maximum absolute atomic E-state index is 12.8. The molecular formula is C21H19N3O5. The Balaban J connectivity index is 1.62. The Morgan fingerprint density at radius 2 is 1.86 bits per heavy atom. The van der Waals surface area contributed by atoms with Crippen LogP contribution in [0.2, 0.25) is 0 Å². The van der Waals surface area contributed by atoms with Crippen molar-refractivity contribution in [2.75, 3.05) is 12.1 Å². The Morgan fingerprint density at radius 3 is 2.66 bits per heavy atom. The molecule has 148 valence electrons. The van der Waals surface area contributed by atoms with Gasteiger partial charge in [0.1, 0.15) is 5.56 Å². The van der Waals surface area contributed by atoms with Crippen LogP contribution in [0.1, 0.15) is 27.0 Å². The highest BCUT2D eigenvalue weighted by atomic mass is 16.7. The lowest BCUT2D eigenvalue weighted by molar-refractivity contribution is 0.102. The summed E-state index contributed by atoms with van der Waals surface area (Å²) in [7, 11) is 0. The van der Waals surface area contributed by atoms with Crippen molar-refractivity contribution in [2.24, 2.45) is 0 Å². The van der Waals surface area contributed by atoms with Crippen molar-refractivity contribution in [1.29, 1.82) is 0 Å². The molecular weight excluding hydrogens is 374 g/mol. The summed E-state index contributed by atoms with van der Waals surface area (Å²) in [5.74, 6) is 0.570. The second kappa shape index (κ2) is 7.31. The average molecular weight is 393 g/mol. The van der Waals surface area contributed by atoms with Gasteiger partial charge in [-0.3, -0.25) is 14.2 Å². The van der Waals surface area contributed by atoms with Gasteiger partial charge in [-0.1, -0.05) is 12.1 Å². The number of anilines is 1. The van der Waals surface area contributed by atoms with Gasteiger partial charge in [-0.15, -0.1) is 0 Å². The molecule has 3 aromatic rings. The van der Waals surface area contributed by atoms with E-state index in [1.807, 2.05) is 26.0 Å². The summed E-state index contributed by atoms with van der Waals surface area (Å²) in [5.41, 5.74) is 1.94. The molecule has 2 heterocycles. The van der Waals surface area contributed by atoms with Gasteiger partial charge in [0.05, 0.1) is 6.54 Å². The molecule has 0 fully saturated rings. The van der Waals surface area contributed by atoms with Crippen LogP contribution in [0.15, 0.2) is 52.2 Å². The fourth-order valence-corrected chi connectivity index (χ4v) is 3.06. The van der Waals surface area contributed by atoms with E-state index in [2.05, 4.69) is 10.3 Å². The lowest BCUT2D eigenvalue weighted by Gasteiger charge is -2.10. The number of aromatic nitrogens is 2. The third-order valence-electron chi connectivity index (χ3n) is 4.85. The molecule has 0 saturated heterocycles. The number of amides is 1. The van der Waals surface area contributed by atoms with E-state index in [0.29, 0.717) is 22.7 Å². The van der Waals surface area contributed by atoms with E-state index in [9.17, 15) is 14.4 Å². The van der Waals surface area contributed by atoms with Crippen molar-refractivity contribution < 1.29 is 14.3 Å². The Labute approximate surface area is 165 Å². The molecule has 8 heteroatoms. The van der Waals surface area contributed by atoms with Gasteiger partial charge in [-0.05, 0) is 54.8 Å². The molecule has 0 saturated carbocycles. The van der Waals surface area contributed by atoms with E-state index in [4.69, 9.17) is 9.47 Å². The molecule has 29 heavy (non-hydrogen) atoms. The number of rotatable bonds is 4. The summed E-state index contributed by atoms with van der Waals surface area (Å²) in [6, 6.07) is 10.6. The van der Waals surface area contributed by atoms with Crippen LogP contribution < -0.4 is 26.0 Å². The number of carbonyl (C=O) groups excluding carboxylic acids is 1. The predicted molar refractivity (Wildman–Crippen MR) is 107 cm³/mol. The number of aryl methyl sites for hydroxylation is 2. The van der Waals surface area contributed by atoms with Crippen LogP contribution in [0, 0.1) is 13.8 Å². The number of nitrogens with one attached hydrogen (secondary N) is 2. The highest BCUT2D eigenvalue weighted by Crippen LogP contribution is 2.32. The van der Waals surface area contributed by atoms with Crippen molar-refractivity contribution in [1.82, 2.24) is 9.55 Å². The number of carbonyl (C=O) groups is 1. The first-order chi connectivity index (χ1) is 13.9. The van der Waals surface area contributed by atoms with Gasteiger partial charge in [0, 0.05) is 11.9 Å². The van der Waals surface area contributed by atoms with E-state index >= 15 is 0 Å². The molecule has 1 aliphatic heterocycles. The van der Waals surface area contributed by atoms with E-state index in [-0.39, 0.29) is 18.9 Å². The molecule has 0 spiro atoms. The van der Waals surface area contributed by atoms with Crippen LogP contribution in [-0.2, 0) is 6.54 Å². The van der Waals surface area contributed by atoms with Crippen LogP contribution in [0.4, 0.5) is 5.69 Å². The summed E-state index contributed by atoms with van der Waals surface area (Å²) in [5, 5.41) is 2.70. The smallest absolute Gasteiger partial charge is 0.328 e. The molecule has 0 unspecified atom stereocenters. The predicted octanol–water partition coefficient (Wildman–Crippen LogP) is 2.18. The van der Waals surface area contributed by atoms with Crippen LogP contribution in [0.3, 0.4) is 0 Å². The number of hydrogen-bond acceptors (Lipinski definition) is 5. The van der Waals surface area contributed by atoms with Gasteiger partial charge >= 0.3 is 5.69 Å². The first kappa shape index (κ1) is 18.5. The lowest BCUT2D eigenvalue weighted by Crippen LogP contribution is -2.39. The third-order valence-corrected chi connectivity index (χ3v) is 4.85. The fourth-order valence-electron chi connectivity index (χ4n) is 3.06. The second-order valence-electron chi connectivity index (χ2n) is 6.84. The highest BCUT2D eigenvalue weighted by molar-refractivity contribution is 6.03. The topological polar surface area (TPSA) is 102 Å². The van der Waals surface area contributed by atoms with Gasteiger partial charge in [-0.25, -0.2) is 4.79 Å². The number of fused-ring (bicyclic) bond motifs is 1. The van der Waals surface area contributed by atoms with Crippen molar-refractivity contribution in [3.63, 3.8) is 0 Å². The summed E-state index contributed by atoms with van der Waals surface area (Å²) in [6.07, 6.45) is 1.14. The summed E-state index contributed by atoms with van der Waals surface area (Å²) in [4.78, 5) is 40.1. The van der Waals surface area contributed by atoms with E-state index in [1.54, 1.807) is 24.3 Å². The number of nitrogens with zero attached hydrogens (tertiary/aromatic N) is 1. The van der Waals surface area contributed by atoms with Crippen molar-refractivity contribution in [3.05, 3.63) is 85.7 Å². The summed E-state index contributed by atoms with van der Waals surface area (Å²) in [6.45, 7) is 4.03. The molecule has 8 nitrogen and oxygen atoms in total. The quantitative estimate of drug-likeness (QED) is 0.707. The molecule has 0 aliphatic carbocycles. The molecule has 1 amide bonds. The molecule has 0 bridgehead atoms. The number of benzene rings is 2. The zero-order chi connectivity index (χ0) is 20.5. The Hall–Kier alpha value is -3.81. The van der Waals surface area contributed by atoms with E-state index < -0.39 is 17.2 Å². The van der Waals surface area contributed by atoms with Crippen molar-refractivity contribution >= 4 is 11.6 Å². The zero-order valence-electron chi connectivity index (χ0n) is 15.9. The normalized spacial score (nSPS) is 12.1. The van der Waals surface area contributed by atoms with Gasteiger partial charge < -0.3 is 19.8 Å². The Bertz CT molecular complexity index is 1230. The third kappa shape index (κ3) is 3.64. The van der Waals surface area contributed by atoms with Gasteiger partial charge in [0.25, 0.3) is 11.5 Å². The van der Waals surface area contributed by atoms with Crippen LogP contribution in [0.5, 0.6) is 11.5 Å². The molecule has 0 atom stereocenters. The maximum Gasteiger partial charge on any atom is 0.328 e. The molecule has 1 aromatic heterocycles. The number of ether oxygens (including phenoxy) is 2. The first-order valence-corrected chi connectivity index (χ1v) is 9.02. The van der Waals surface area contributed by atoms with Gasteiger partial charge in [0.2, 0.25) is 6.79 Å². The lowest BCUT2D eigenvalue weighted by atomic mass is 10.1. The minimum Gasteiger partial charge on any atom is -0.454 e. The number of H-pyrrole nitrogens is 1.